The summed E-state index contributed by atoms with van der Waals surface area (Å²) in [4.78, 5) is 11.9. The van der Waals surface area contributed by atoms with E-state index in [0.29, 0.717) is 26.1 Å². The van der Waals surface area contributed by atoms with Crippen molar-refractivity contribution in [2.24, 2.45) is 12.8 Å². The summed E-state index contributed by atoms with van der Waals surface area (Å²) >= 11 is 0. The third-order valence-electron chi connectivity index (χ3n) is 2.72. The van der Waals surface area contributed by atoms with E-state index in [2.05, 4.69) is 5.10 Å². The molecule has 0 spiro atoms. The van der Waals surface area contributed by atoms with Gasteiger partial charge in [0.15, 0.2) is 5.78 Å². The number of hydrogen-bond donors (Lipinski definition) is 1. The monoisotopic (exact) mass is 209 g/mol. The minimum Gasteiger partial charge on any atom is -0.379 e. The molecular formula is C10H15N3O2. The number of nitrogens with zero attached hydrogens (tertiary/aromatic N) is 2. The Labute approximate surface area is 88.2 Å². The van der Waals surface area contributed by atoms with Gasteiger partial charge in [0.05, 0.1) is 18.7 Å². The summed E-state index contributed by atoms with van der Waals surface area (Å²) in [5, 5.41) is 4.15. The highest BCUT2D eigenvalue weighted by Gasteiger charge is 2.37. The number of ketones is 1. The van der Waals surface area contributed by atoms with E-state index < -0.39 is 5.54 Å². The smallest absolute Gasteiger partial charge is 0.161 e. The molecule has 2 rings (SSSR count). The molecule has 1 fully saturated rings. The van der Waals surface area contributed by atoms with Gasteiger partial charge in [-0.25, -0.2) is 0 Å². The van der Waals surface area contributed by atoms with Crippen molar-refractivity contribution in [3.63, 3.8) is 0 Å². The number of aryl methyl sites for hydroxylation is 1. The average Bonchev–Trinajstić information content (AvgIpc) is 2.76. The van der Waals surface area contributed by atoms with Crippen LogP contribution in [0.3, 0.4) is 0 Å². The minimum absolute atomic E-state index is 0.0127. The van der Waals surface area contributed by atoms with Crippen molar-refractivity contribution in [1.29, 1.82) is 0 Å². The first-order valence-electron chi connectivity index (χ1n) is 4.99. The fraction of sp³-hybridized carbons (Fsp3) is 0.600. The Morgan fingerprint density at radius 3 is 3.13 bits per heavy atom. The highest BCUT2D eigenvalue weighted by molar-refractivity contribution is 5.90. The fourth-order valence-corrected chi connectivity index (χ4v) is 1.70. The Balaban J connectivity index is 2.03. The van der Waals surface area contributed by atoms with Gasteiger partial charge in [-0.2, -0.15) is 5.10 Å². The number of rotatable bonds is 3. The highest BCUT2D eigenvalue weighted by Crippen LogP contribution is 2.18. The summed E-state index contributed by atoms with van der Waals surface area (Å²) in [5.74, 6) is 0.0127. The first-order chi connectivity index (χ1) is 7.10. The Morgan fingerprint density at radius 1 is 1.80 bits per heavy atom. The van der Waals surface area contributed by atoms with Crippen molar-refractivity contribution in [1.82, 2.24) is 9.78 Å². The van der Waals surface area contributed by atoms with Crippen molar-refractivity contribution < 1.29 is 9.53 Å². The molecule has 1 aliphatic heterocycles. The third kappa shape index (κ3) is 2.08. The molecule has 82 valence electrons. The van der Waals surface area contributed by atoms with Crippen LogP contribution in [-0.4, -0.2) is 34.3 Å². The maximum atomic E-state index is 11.9. The van der Waals surface area contributed by atoms with Crippen molar-refractivity contribution in [3.05, 3.63) is 18.0 Å². The van der Waals surface area contributed by atoms with E-state index in [1.807, 2.05) is 19.3 Å². The summed E-state index contributed by atoms with van der Waals surface area (Å²) < 4.78 is 6.83. The lowest BCUT2D eigenvalue weighted by Gasteiger charge is -2.18. The molecule has 0 bridgehead atoms. The molecule has 1 aromatic heterocycles. The zero-order valence-electron chi connectivity index (χ0n) is 8.77. The predicted molar refractivity (Wildman–Crippen MR) is 54.3 cm³/mol. The highest BCUT2D eigenvalue weighted by atomic mass is 16.5. The van der Waals surface area contributed by atoms with Gasteiger partial charge in [0.25, 0.3) is 0 Å². The lowest BCUT2D eigenvalue weighted by atomic mass is 9.91. The average molecular weight is 209 g/mol. The van der Waals surface area contributed by atoms with Gasteiger partial charge in [-0.15, -0.1) is 0 Å². The SMILES string of the molecule is Cn1ccc(CC(=O)C2(N)CCOC2)n1. The standard InChI is InChI=1S/C10H15N3O2/c1-13-4-2-8(12-13)6-9(14)10(11)3-5-15-7-10/h2,4H,3,5-7,11H2,1H3. The quantitative estimate of drug-likeness (QED) is 0.738. The van der Waals surface area contributed by atoms with E-state index in [1.165, 1.54) is 0 Å². The van der Waals surface area contributed by atoms with Gasteiger partial charge in [-0.05, 0) is 12.5 Å². The predicted octanol–water partition coefficient (Wildman–Crippen LogP) is -0.350. The summed E-state index contributed by atoms with van der Waals surface area (Å²) in [5.41, 5.74) is 5.92. The first kappa shape index (κ1) is 10.3. The second kappa shape index (κ2) is 3.75. The van der Waals surface area contributed by atoms with Crippen molar-refractivity contribution >= 4 is 5.78 Å². The summed E-state index contributed by atoms with van der Waals surface area (Å²) in [6, 6.07) is 1.83. The van der Waals surface area contributed by atoms with Gasteiger partial charge >= 0.3 is 0 Å². The normalized spacial score (nSPS) is 25.7. The molecule has 0 radical (unpaired) electrons. The lowest BCUT2D eigenvalue weighted by Crippen LogP contribution is -2.49. The summed E-state index contributed by atoms with van der Waals surface area (Å²) in [7, 11) is 1.82. The van der Waals surface area contributed by atoms with Crippen LogP contribution in [0.2, 0.25) is 0 Å². The van der Waals surface area contributed by atoms with Crippen LogP contribution in [0, 0.1) is 0 Å². The minimum atomic E-state index is -0.794. The molecule has 1 aliphatic rings. The first-order valence-corrected chi connectivity index (χ1v) is 4.99. The molecule has 15 heavy (non-hydrogen) atoms. The molecule has 0 amide bonds. The van der Waals surface area contributed by atoms with E-state index in [9.17, 15) is 4.79 Å². The van der Waals surface area contributed by atoms with Crippen LogP contribution >= 0.6 is 0 Å². The Morgan fingerprint density at radius 2 is 2.60 bits per heavy atom. The number of ether oxygens (including phenoxy) is 1. The molecule has 1 unspecified atom stereocenters. The van der Waals surface area contributed by atoms with Gasteiger partial charge in [-0.3, -0.25) is 9.48 Å². The molecule has 0 aliphatic carbocycles. The van der Waals surface area contributed by atoms with Gasteiger partial charge in [0, 0.05) is 19.9 Å². The van der Waals surface area contributed by atoms with E-state index in [4.69, 9.17) is 10.5 Å². The van der Waals surface area contributed by atoms with E-state index in [0.717, 1.165) is 5.69 Å². The summed E-state index contributed by atoms with van der Waals surface area (Å²) in [6.45, 7) is 0.906. The molecule has 5 nitrogen and oxygen atoms in total. The topological polar surface area (TPSA) is 70.1 Å². The molecule has 2 heterocycles. The molecule has 1 saturated heterocycles. The Kier molecular flexibility index (Phi) is 2.58. The van der Waals surface area contributed by atoms with Crippen LogP contribution in [0.5, 0.6) is 0 Å². The second-order valence-electron chi connectivity index (χ2n) is 4.04. The zero-order valence-corrected chi connectivity index (χ0v) is 8.77. The number of hydrogen-bond acceptors (Lipinski definition) is 4. The molecule has 0 aromatic carbocycles. The fourth-order valence-electron chi connectivity index (χ4n) is 1.70. The van der Waals surface area contributed by atoms with Crippen LogP contribution in [0.15, 0.2) is 12.3 Å². The molecule has 1 aromatic rings. The number of nitrogens with two attached hydrogens (primary N) is 1. The van der Waals surface area contributed by atoms with Crippen LogP contribution in [0.25, 0.3) is 0 Å². The van der Waals surface area contributed by atoms with Crippen LogP contribution in [0.1, 0.15) is 12.1 Å². The van der Waals surface area contributed by atoms with Crippen LogP contribution < -0.4 is 5.73 Å². The van der Waals surface area contributed by atoms with Gasteiger partial charge in [0.1, 0.15) is 5.54 Å². The summed E-state index contributed by atoms with van der Waals surface area (Å²) in [6.07, 6.45) is 2.72. The van der Waals surface area contributed by atoms with Crippen LogP contribution in [0.4, 0.5) is 0 Å². The van der Waals surface area contributed by atoms with E-state index >= 15 is 0 Å². The number of carbonyl (C=O) groups excluding carboxylic acids is 1. The van der Waals surface area contributed by atoms with Crippen molar-refractivity contribution in [3.8, 4) is 0 Å². The maximum Gasteiger partial charge on any atom is 0.161 e. The molecule has 1 atom stereocenters. The number of aromatic nitrogens is 2. The third-order valence-corrected chi connectivity index (χ3v) is 2.72. The maximum absolute atomic E-state index is 11.9. The largest absolute Gasteiger partial charge is 0.379 e. The number of Topliss-reactive ketones (excluding diaryl/α,β-unsaturated/α-hetero) is 1. The van der Waals surface area contributed by atoms with Crippen molar-refractivity contribution in [2.45, 2.75) is 18.4 Å². The molecule has 2 N–H and O–H groups in total. The van der Waals surface area contributed by atoms with E-state index in [-0.39, 0.29) is 5.78 Å². The van der Waals surface area contributed by atoms with E-state index in [1.54, 1.807) is 4.68 Å². The van der Waals surface area contributed by atoms with Crippen molar-refractivity contribution in [2.75, 3.05) is 13.2 Å². The van der Waals surface area contributed by atoms with Crippen LogP contribution in [-0.2, 0) is 23.0 Å². The zero-order chi connectivity index (χ0) is 10.9. The molecular weight excluding hydrogens is 194 g/mol. The molecule has 0 saturated carbocycles. The molecule has 5 heteroatoms. The Hall–Kier alpha value is -1.20. The van der Waals surface area contributed by atoms with Gasteiger partial charge in [0.2, 0.25) is 0 Å². The van der Waals surface area contributed by atoms with Gasteiger partial charge in [-0.1, -0.05) is 0 Å². The lowest BCUT2D eigenvalue weighted by molar-refractivity contribution is -0.123. The Bertz CT molecular complexity index is 366. The number of carbonyl (C=O) groups is 1. The second-order valence-corrected chi connectivity index (χ2v) is 4.04. The van der Waals surface area contributed by atoms with Gasteiger partial charge < -0.3 is 10.5 Å².